The largest absolute Gasteiger partial charge is 0.480 e. The van der Waals surface area contributed by atoms with E-state index in [4.69, 9.17) is 5.11 Å². The molecule has 0 fully saturated rings. The van der Waals surface area contributed by atoms with Gasteiger partial charge in [0.05, 0.1) is 0 Å². The van der Waals surface area contributed by atoms with Crippen LogP contribution in [0.2, 0.25) is 0 Å². The van der Waals surface area contributed by atoms with E-state index in [1.54, 1.807) is 6.92 Å². The SMILES string of the molecule is CC(C(=O)O)N(C)CCCc1ccccc1. The summed E-state index contributed by atoms with van der Waals surface area (Å²) in [6.07, 6.45) is 1.98. The average molecular weight is 221 g/mol. The molecule has 0 saturated heterocycles. The molecule has 1 unspecified atom stereocenters. The number of rotatable bonds is 6. The summed E-state index contributed by atoms with van der Waals surface area (Å²) in [7, 11) is 1.85. The van der Waals surface area contributed by atoms with Gasteiger partial charge in [-0.25, -0.2) is 0 Å². The van der Waals surface area contributed by atoms with Crippen LogP contribution in [0.3, 0.4) is 0 Å². The average Bonchev–Trinajstić information content (AvgIpc) is 2.29. The lowest BCUT2D eigenvalue weighted by Crippen LogP contribution is -2.36. The van der Waals surface area contributed by atoms with Crippen LogP contribution in [0.15, 0.2) is 30.3 Å². The van der Waals surface area contributed by atoms with Crippen molar-refractivity contribution in [3.63, 3.8) is 0 Å². The first kappa shape index (κ1) is 12.7. The van der Waals surface area contributed by atoms with Gasteiger partial charge in [-0.15, -0.1) is 0 Å². The molecule has 1 rings (SSSR count). The molecule has 3 heteroatoms. The Balaban J connectivity index is 2.28. The maximum atomic E-state index is 10.7. The molecular weight excluding hydrogens is 202 g/mol. The summed E-state index contributed by atoms with van der Waals surface area (Å²) in [5.41, 5.74) is 1.30. The minimum Gasteiger partial charge on any atom is -0.480 e. The van der Waals surface area contributed by atoms with Gasteiger partial charge in [0.15, 0.2) is 0 Å². The summed E-state index contributed by atoms with van der Waals surface area (Å²) in [5.74, 6) is -0.762. The summed E-state index contributed by atoms with van der Waals surface area (Å²) in [4.78, 5) is 12.6. The maximum absolute atomic E-state index is 10.7. The number of benzene rings is 1. The van der Waals surface area contributed by atoms with E-state index in [1.165, 1.54) is 5.56 Å². The highest BCUT2D eigenvalue weighted by atomic mass is 16.4. The van der Waals surface area contributed by atoms with Crippen LogP contribution in [-0.4, -0.2) is 35.6 Å². The van der Waals surface area contributed by atoms with Crippen LogP contribution < -0.4 is 0 Å². The molecule has 0 radical (unpaired) electrons. The van der Waals surface area contributed by atoms with E-state index in [9.17, 15) is 4.79 Å². The van der Waals surface area contributed by atoms with Crippen LogP contribution in [0, 0.1) is 0 Å². The fraction of sp³-hybridized carbons (Fsp3) is 0.462. The molecule has 1 atom stereocenters. The van der Waals surface area contributed by atoms with Gasteiger partial charge in [-0.1, -0.05) is 30.3 Å². The number of nitrogens with zero attached hydrogens (tertiary/aromatic N) is 1. The highest BCUT2D eigenvalue weighted by molar-refractivity contribution is 5.72. The van der Waals surface area contributed by atoms with Gasteiger partial charge in [-0.2, -0.15) is 0 Å². The third kappa shape index (κ3) is 4.03. The van der Waals surface area contributed by atoms with Crippen molar-refractivity contribution < 1.29 is 9.90 Å². The monoisotopic (exact) mass is 221 g/mol. The van der Waals surface area contributed by atoms with E-state index in [-0.39, 0.29) is 0 Å². The molecule has 0 heterocycles. The topological polar surface area (TPSA) is 40.5 Å². The van der Waals surface area contributed by atoms with Crippen LogP contribution in [0.5, 0.6) is 0 Å². The zero-order valence-electron chi connectivity index (χ0n) is 9.89. The van der Waals surface area contributed by atoms with Gasteiger partial charge >= 0.3 is 5.97 Å². The maximum Gasteiger partial charge on any atom is 0.320 e. The summed E-state index contributed by atoms with van der Waals surface area (Å²) >= 11 is 0. The number of aryl methyl sites for hydroxylation is 1. The first-order valence-corrected chi connectivity index (χ1v) is 5.58. The minimum atomic E-state index is -0.762. The Bertz CT molecular complexity index is 324. The van der Waals surface area contributed by atoms with Gasteiger partial charge in [0, 0.05) is 0 Å². The molecule has 16 heavy (non-hydrogen) atoms. The van der Waals surface area contributed by atoms with Crippen LogP contribution in [0.25, 0.3) is 0 Å². The second kappa shape index (κ2) is 6.28. The van der Waals surface area contributed by atoms with Crippen LogP contribution >= 0.6 is 0 Å². The molecule has 1 N–H and O–H groups in total. The Kier molecular flexibility index (Phi) is 4.99. The van der Waals surface area contributed by atoms with Crippen molar-refractivity contribution >= 4 is 5.97 Å². The van der Waals surface area contributed by atoms with Crippen LogP contribution in [-0.2, 0) is 11.2 Å². The Morgan fingerprint density at radius 2 is 2.00 bits per heavy atom. The van der Waals surface area contributed by atoms with Crippen molar-refractivity contribution in [3.05, 3.63) is 35.9 Å². The zero-order valence-corrected chi connectivity index (χ0v) is 9.89. The van der Waals surface area contributed by atoms with E-state index in [0.717, 1.165) is 19.4 Å². The van der Waals surface area contributed by atoms with E-state index in [1.807, 2.05) is 30.1 Å². The van der Waals surface area contributed by atoms with Crippen molar-refractivity contribution in [2.45, 2.75) is 25.8 Å². The van der Waals surface area contributed by atoms with E-state index in [2.05, 4.69) is 12.1 Å². The van der Waals surface area contributed by atoms with Crippen molar-refractivity contribution in [1.82, 2.24) is 4.90 Å². The summed E-state index contributed by atoms with van der Waals surface area (Å²) in [5, 5.41) is 8.83. The number of carbonyl (C=O) groups is 1. The smallest absolute Gasteiger partial charge is 0.320 e. The Morgan fingerprint density at radius 1 is 1.38 bits per heavy atom. The standard InChI is InChI=1S/C13H19NO2/c1-11(13(15)16)14(2)10-6-9-12-7-4-3-5-8-12/h3-5,7-8,11H,6,9-10H2,1-2H3,(H,15,16). The molecule has 0 aliphatic heterocycles. The quantitative estimate of drug-likeness (QED) is 0.799. The first-order valence-electron chi connectivity index (χ1n) is 5.58. The van der Waals surface area contributed by atoms with Crippen LogP contribution in [0.1, 0.15) is 18.9 Å². The minimum absolute atomic E-state index is 0.407. The van der Waals surface area contributed by atoms with Gasteiger partial charge in [0.1, 0.15) is 6.04 Å². The van der Waals surface area contributed by atoms with Crippen molar-refractivity contribution in [2.75, 3.05) is 13.6 Å². The second-order valence-corrected chi connectivity index (χ2v) is 4.08. The van der Waals surface area contributed by atoms with Crippen molar-refractivity contribution in [1.29, 1.82) is 0 Å². The first-order chi connectivity index (χ1) is 7.61. The van der Waals surface area contributed by atoms with Gasteiger partial charge in [-0.3, -0.25) is 9.69 Å². The lowest BCUT2D eigenvalue weighted by molar-refractivity contribution is -0.142. The third-order valence-corrected chi connectivity index (χ3v) is 2.84. The zero-order chi connectivity index (χ0) is 12.0. The van der Waals surface area contributed by atoms with E-state index < -0.39 is 12.0 Å². The molecule has 0 spiro atoms. The Morgan fingerprint density at radius 3 is 2.56 bits per heavy atom. The fourth-order valence-corrected chi connectivity index (χ4v) is 1.56. The van der Waals surface area contributed by atoms with Gasteiger partial charge in [0.2, 0.25) is 0 Å². The summed E-state index contributed by atoms with van der Waals surface area (Å²) in [6, 6.07) is 9.84. The highest BCUT2D eigenvalue weighted by Gasteiger charge is 2.15. The lowest BCUT2D eigenvalue weighted by Gasteiger charge is -2.20. The van der Waals surface area contributed by atoms with E-state index in [0.29, 0.717) is 0 Å². The van der Waals surface area contributed by atoms with Crippen molar-refractivity contribution in [3.8, 4) is 0 Å². The molecule has 88 valence electrons. The molecule has 1 aromatic rings. The number of carboxylic acid groups (broad SMARTS) is 1. The predicted molar refractivity (Wildman–Crippen MR) is 64.5 cm³/mol. The third-order valence-electron chi connectivity index (χ3n) is 2.84. The lowest BCUT2D eigenvalue weighted by atomic mass is 10.1. The number of hydrogen-bond acceptors (Lipinski definition) is 2. The molecule has 0 bridgehead atoms. The predicted octanol–water partition coefficient (Wildman–Crippen LogP) is 2.02. The molecule has 1 aromatic carbocycles. The van der Waals surface area contributed by atoms with Crippen molar-refractivity contribution in [2.24, 2.45) is 0 Å². The summed E-state index contributed by atoms with van der Waals surface area (Å²) in [6.45, 7) is 2.52. The number of hydrogen-bond donors (Lipinski definition) is 1. The number of likely N-dealkylation sites (N-methyl/N-ethyl adjacent to an activating group) is 1. The molecule has 0 saturated carbocycles. The molecule has 0 aromatic heterocycles. The normalized spacial score (nSPS) is 12.7. The Labute approximate surface area is 96.7 Å². The highest BCUT2D eigenvalue weighted by Crippen LogP contribution is 2.04. The second-order valence-electron chi connectivity index (χ2n) is 4.08. The van der Waals surface area contributed by atoms with Crippen LogP contribution in [0.4, 0.5) is 0 Å². The summed E-state index contributed by atoms with van der Waals surface area (Å²) < 4.78 is 0. The molecular formula is C13H19NO2. The van der Waals surface area contributed by atoms with E-state index >= 15 is 0 Å². The van der Waals surface area contributed by atoms with Gasteiger partial charge < -0.3 is 5.11 Å². The van der Waals surface area contributed by atoms with Gasteiger partial charge in [0.25, 0.3) is 0 Å². The Hall–Kier alpha value is -1.35. The molecule has 3 nitrogen and oxygen atoms in total. The number of aliphatic carboxylic acids is 1. The number of carboxylic acids is 1. The fourth-order valence-electron chi connectivity index (χ4n) is 1.56. The van der Waals surface area contributed by atoms with Gasteiger partial charge in [-0.05, 0) is 38.9 Å². The molecule has 0 aliphatic rings. The molecule has 0 amide bonds. The molecule has 0 aliphatic carbocycles.